The van der Waals surface area contributed by atoms with E-state index in [0.717, 1.165) is 44.1 Å². The first-order valence-electron chi connectivity index (χ1n) is 16.0. The average Bonchev–Trinajstić information content (AvgIpc) is 3.66. The summed E-state index contributed by atoms with van der Waals surface area (Å²) in [4.78, 5) is 13.9. The summed E-state index contributed by atoms with van der Waals surface area (Å²) in [6.45, 7) is 9.69. The predicted molar refractivity (Wildman–Crippen MR) is 149 cm³/mol. The van der Waals surface area contributed by atoms with Crippen molar-refractivity contribution in [3.05, 3.63) is 11.6 Å². The van der Waals surface area contributed by atoms with Crippen molar-refractivity contribution in [2.45, 2.75) is 147 Å². The number of fused-ring (bicyclic) bond motifs is 5. The SMILES string of the molecule is CC(C)[C@@](C)(O)[C@H]1O[C@@H]1[C@](C)(O)[C@H]1CC[C@@]2(O)C3=CC(=O)[C@@H]4C[C@@H](O)CC[C@]4(C4CCCCC4)[C@H]3CC[C@]12C. The second kappa shape index (κ2) is 9.10. The van der Waals surface area contributed by atoms with Crippen LogP contribution in [0.15, 0.2) is 11.6 Å². The van der Waals surface area contributed by atoms with Crippen molar-refractivity contribution in [2.24, 2.45) is 40.4 Å². The molecule has 1 heterocycles. The molecule has 0 bridgehead atoms. The number of hydrogen-bond donors (Lipinski definition) is 4. The van der Waals surface area contributed by atoms with E-state index in [0.29, 0.717) is 25.2 Å². The molecule has 6 heteroatoms. The lowest BCUT2D eigenvalue weighted by atomic mass is 9.42. The van der Waals surface area contributed by atoms with Gasteiger partial charge in [0, 0.05) is 11.3 Å². The minimum Gasteiger partial charge on any atom is -0.393 e. The Bertz CT molecular complexity index is 1030. The third kappa shape index (κ3) is 3.80. The van der Waals surface area contributed by atoms with Crippen LogP contribution in [0.1, 0.15) is 112 Å². The first-order valence-corrected chi connectivity index (χ1v) is 16.0. The van der Waals surface area contributed by atoms with Crippen LogP contribution in [-0.2, 0) is 9.53 Å². The van der Waals surface area contributed by atoms with Crippen molar-refractivity contribution in [3.8, 4) is 0 Å². The molecule has 0 radical (unpaired) electrons. The Kier molecular flexibility index (Phi) is 6.61. The van der Waals surface area contributed by atoms with Crippen molar-refractivity contribution in [3.63, 3.8) is 0 Å². The normalized spacial score (nSPS) is 49.4. The summed E-state index contributed by atoms with van der Waals surface area (Å²) < 4.78 is 6.00. The molecular weight excluding hydrogens is 492 g/mol. The summed E-state index contributed by atoms with van der Waals surface area (Å²) in [5.74, 6) is 0.368. The van der Waals surface area contributed by atoms with E-state index in [4.69, 9.17) is 4.74 Å². The topological polar surface area (TPSA) is 111 Å². The van der Waals surface area contributed by atoms with Gasteiger partial charge in [-0.05, 0) is 112 Å². The number of allylic oxidation sites excluding steroid dienone is 1. The fraction of sp³-hybridized carbons (Fsp3) is 0.909. The molecule has 0 aromatic rings. The summed E-state index contributed by atoms with van der Waals surface area (Å²) in [5.41, 5.74) is -3.21. The van der Waals surface area contributed by atoms with Gasteiger partial charge in [0.15, 0.2) is 5.78 Å². The average molecular weight is 545 g/mol. The van der Waals surface area contributed by atoms with Crippen LogP contribution in [0.3, 0.4) is 0 Å². The zero-order chi connectivity index (χ0) is 28.2. The van der Waals surface area contributed by atoms with E-state index in [-0.39, 0.29) is 34.9 Å². The molecule has 39 heavy (non-hydrogen) atoms. The molecular formula is C33H52O6. The first kappa shape index (κ1) is 28.3. The fourth-order valence-electron chi connectivity index (χ4n) is 10.9. The molecule has 11 atom stereocenters. The Morgan fingerprint density at radius 3 is 2.31 bits per heavy atom. The number of epoxide rings is 1. The van der Waals surface area contributed by atoms with Crippen LogP contribution < -0.4 is 0 Å². The van der Waals surface area contributed by atoms with Gasteiger partial charge in [0.25, 0.3) is 0 Å². The van der Waals surface area contributed by atoms with Crippen molar-refractivity contribution in [1.29, 1.82) is 0 Å². The molecule has 5 aliphatic carbocycles. The molecule has 5 fully saturated rings. The van der Waals surface area contributed by atoms with Gasteiger partial charge in [0.05, 0.1) is 22.9 Å². The standard InChI is InChI=1S/C33H52O6/c1-19(2)30(4,36)27-28(39-27)31(5,37)26-13-16-33(38)23-18-25(35)24-17-21(34)11-15-32(24,20-9-7-6-8-10-20)22(23)12-14-29(26,33)3/h18-22,24,26-28,34,36-38H,6-17H2,1-5H3/t21-,22-,24-,26-,27-,28-,29+,30+,31+,32-,33+/m0/s1. The van der Waals surface area contributed by atoms with Gasteiger partial charge in [-0.2, -0.15) is 0 Å². The molecule has 6 rings (SSSR count). The van der Waals surface area contributed by atoms with E-state index in [9.17, 15) is 25.2 Å². The first-order chi connectivity index (χ1) is 18.2. The van der Waals surface area contributed by atoms with Gasteiger partial charge in [0.1, 0.15) is 12.2 Å². The number of aliphatic hydroxyl groups excluding tert-OH is 1. The van der Waals surface area contributed by atoms with Crippen LogP contribution in [0, 0.1) is 40.4 Å². The van der Waals surface area contributed by atoms with E-state index in [1.807, 2.05) is 20.8 Å². The summed E-state index contributed by atoms with van der Waals surface area (Å²) in [6.07, 6.45) is 11.5. The van der Waals surface area contributed by atoms with E-state index < -0.39 is 40.5 Å². The highest BCUT2D eigenvalue weighted by atomic mass is 16.6. The van der Waals surface area contributed by atoms with Gasteiger partial charge in [-0.15, -0.1) is 0 Å². The minimum absolute atomic E-state index is 0.00817. The maximum absolute atomic E-state index is 13.9. The van der Waals surface area contributed by atoms with Gasteiger partial charge < -0.3 is 25.2 Å². The lowest BCUT2D eigenvalue weighted by Gasteiger charge is -2.63. The maximum atomic E-state index is 13.9. The van der Waals surface area contributed by atoms with Crippen LogP contribution in [0.25, 0.3) is 0 Å². The zero-order valence-corrected chi connectivity index (χ0v) is 24.8. The van der Waals surface area contributed by atoms with E-state index in [2.05, 4.69) is 6.92 Å². The van der Waals surface area contributed by atoms with Crippen LogP contribution in [0.4, 0.5) is 0 Å². The summed E-state index contributed by atoms with van der Waals surface area (Å²) in [5, 5.41) is 46.5. The number of carbonyl (C=O) groups is 1. The molecule has 6 nitrogen and oxygen atoms in total. The molecule has 0 aromatic heterocycles. The zero-order valence-electron chi connectivity index (χ0n) is 24.8. The van der Waals surface area contributed by atoms with Crippen LogP contribution >= 0.6 is 0 Å². The molecule has 1 saturated heterocycles. The molecule has 4 N–H and O–H groups in total. The molecule has 4 saturated carbocycles. The third-order valence-corrected chi connectivity index (χ3v) is 13.6. The Hall–Kier alpha value is -0.790. The molecule has 1 aliphatic heterocycles. The molecule has 0 unspecified atom stereocenters. The van der Waals surface area contributed by atoms with Gasteiger partial charge >= 0.3 is 0 Å². The molecule has 0 aromatic carbocycles. The van der Waals surface area contributed by atoms with Gasteiger partial charge in [-0.3, -0.25) is 4.79 Å². The molecule has 0 amide bonds. The van der Waals surface area contributed by atoms with Gasteiger partial charge in [-0.25, -0.2) is 0 Å². The molecule has 6 aliphatic rings. The van der Waals surface area contributed by atoms with Crippen LogP contribution in [-0.4, -0.2) is 61.3 Å². The minimum atomic E-state index is -1.20. The lowest BCUT2D eigenvalue weighted by Crippen LogP contribution is -2.63. The second-order valence-electron chi connectivity index (χ2n) is 15.5. The Labute approximate surface area is 234 Å². The quantitative estimate of drug-likeness (QED) is 0.373. The predicted octanol–water partition coefficient (Wildman–Crippen LogP) is 4.71. The molecule has 0 spiro atoms. The summed E-state index contributed by atoms with van der Waals surface area (Å²) in [6, 6.07) is 0. The van der Waals surface area contributed by atoms with Crippen molar-refractivity contribution < 1.29 is 30.0 Å². The number of aliphatic hydroxyl groups is 4. The van der Waals surface area contributed by atoms with E-state index in [1.165, 1.54) is 19.3 Å². The number of hydrogen-bond acceptors (Lipinski definition) is 6. The number of ketones is 1. The fourth-order valence-corrected chi connectivity index (χ4v) is 10.9. The maximum Gasteiger partial charge on any atom is 0.159 e. The van der Waals surface area contributed by atoms with Crippen molar-refractivity contribution in [1.82, 2.24) is 0 Å². The largest absolute Gasteiger partial charge is 0.393 e. The van der Waals surface area contributed by atoms with E-state index >= 15 is 0 Å². The Morgan fingerprint density at radius 1 is 0.949 bits per heavy atom. The highest BCUT2D eigenvalue weighted by Gasteiger charge is 2.72. The van der Waals surface area contributed by atoms with Gasteiger partial charge in [0.2, 0.25) is 0 Å². The smallest absolute Gasteiger partial charge is 0.159 e. The highest BCUT2D eigenvalue weighted by molar-refractivity contribution is 5.95. The van der Waals surface area contributed by atoms with Crippen LogP contribution in [0.5, 0.6) is 0 Å². The summed E-state index contributed by atoms with van der Waals surface area (Å²) in [7, 11) is 0. The van der Waals surface area contributed by atoms with Crippen LogP contribution in [0.2, 0.25) is 0 Å². The van der Waals surface area contributed by atoms with E-state index in [1.54, 1.807) is 13.0 Å². The van der Waals surface area contributed by atoms with Gasteiger partial charge in [-0.1, -0.05) is 40.0 Å². The van der Waals surface area contributed by atoms with Crippen molar-refractivity contribution in [2.75, 3.05) is 0 Å². The summed E-state index contributed by atoms with van der Waals surface area (Å²) >= 11 is 0. The highest BCUT2D eigenvalue weighted by Crippen LogP contribution is 2.71. The lowest BCUT2D eigenvalue weighted by molar-refractivity contribution is -0.165. The van der Waals surface area contributed by atoms with Crippen molar-refractivity contribution >= 4 is 5.78 Å². The third-order valence-electron chi connectivity index (χ3n) is 13.6. The Morgan fingerprint density at radius 2 is 1.64 bits per heavy atom. The second-order valence-corrected chi connectivity index (χ2v) is 15.5. The number of rotatable bonds is 5. The number of carbonyl (C=O) groups excluding carboxylic acids is 1. The monoisotopic (exact) mass is 544 g/mol. The Balaban J connectivity index is 1.35. The molecule has 220 valence electrons. The number of ether oxygens (including phenoxy) is 1.